The van der Waals surface area contributed by atoms with Crippen molar-refractivity contribution in [3.05, 3.63) is 23.9 Å². The van der Waals surface area contributed by atoms with Gasteiger partial charge in [-0.15, -0.1) is 24.0 Å². The number of anilines is 1. The predicted octanol–water partition coefficient (Wildman–Crippen LogP) is 2.22. The van der Waals surface area contributed by atoms with Gasteiger partial charge in [-0.1, -0.05) is 6.07 Å². The van der Waals surface area contributed by atoms with Gasteiger partial charge in [0.05, 0.1) is 0 Å². The van der Waals surface area contributed by atoms with E-state index >= 15 is 0 Å². The van der Waals surface area contributed by atoms with E-state index in [4.69, 9.17) is 0 Å². The van der Waals surface area contributed by atoms with Gasteiger partial charge in [0.1, 0.15) is 5.82 Å². The van der Waals surface area contributed by atoms with Crippen LogP contribution in [0.15, 0.2) is 23.3 Å². The Morgan fingerprint density at radius 2 is 1.93 bits per heavy atom. The van der Waals surface area contributed by atoms with Crippen LogP contribution >= 0.6 is 24.0 Å². The fourth-order valence-corrected chi connectivity index (χ4v) is 3.88. The maximum absolute atomic E-state index is 11.5. The van der Waals surface area contributed by atoms with E-state index < -0.39 is 0 Å². The molecule has 2 aliphatic heterocycles. The molecule has 1 amide bonds. The molecule has 2 aliphatic rings. The van der Waals surface area contributed by atoms with Crippen molar-refractivity contribution >= 4 is 41.7 Å². The van der Waals surface area contributed by atoms with Crippen LogP contribution in [0.2, 0.25) is 0 Å². The van der Waals surface area contributed by atoms with Gasteiger partial charge in [0.25, 0.3) is 0 Å². The molecule has 1 aromatic heterocycles. The van der Waals surface area contributed by atoms with Gasteiger partial charge < -0.3 is 20.4 Å². The van der Waals surface area contributed by atoms with Crippen LogP contribution in [0.1, 0.15) is 37.7 Å². The number of likely N-dealkylation sites (tertiary alicyclic amines) is 1. The molecule has 0 bridgehead atoms. The quantitative estimate of drug-likeness (QED) is 0.369. The third-order valence-corrected chi connectivity index (χ3v) is 5.57. The van der Waals surface area contributed by atoms with E-state index in [0.717, 1.165) is 62.9 Å². The number of carbonyl (C=O) groups is 1. The first-order chi connectivity index (χ1) is 13.2. The molecular weight excluding hydrogens is 467 g/mol. The number of halogens is 1. The van der Waals surface area contributed by atoms with Crippen LogP contribution in [0.5, 0.6) is 0 Å². The van der Waals surface area contributed by atoms with Crippen molar-refractivity contribution in [2.45, 2.75) is 38.6 Å². The molecule has 0 spiro atoms. The number of guanidine groups is 1. The monoisotopic (exact) mass is 500 g/mol. The molecule has 2 saturated heterocycles. The van der Waals surface area contributed by atoms with Crippen LogP contribution in [0.25, 0.3) is 0 Å². The van der Waals surface area contributed by atoms with Crippen LogP contribution in [-0.4, -0.2) is 62.0 Å². The van der Waals surface area contributed by atoms with E-state index in [1.165, 1.54) is 12.8 Å². The average molecular weight is 500 g/mol. The highest BCUT2D eigenvalue weighted by Crippen LogP contribution is 2.21. The summed E-state index contributed by atoms with van der Waals surface area (Å²) in [6.07, 6.45) is 7.18. The highest BCUT2D eigenvalue weighted by molar-refractivity contribution is 14.0. The van der Waals surface area contributed by atoms with Gasteiger partial charge in [0.2, 0.25) is 5.91 Å². The Labute approximate surface area is 185 Å². The lowest BCUT2D eigenvalue weighted by Crippen LogP contribution is -2.45. The van der Waals surface area contributed by atoms with Crippen molar-refractivity contribution in [2.24, 2.45) is 10.9 Å². The van der Waals surface area contributed by atoms with E-state index in [9.17, 15) is 4.79 Å². The highest BCUT2D eigenvalue weighted by atomic mass is 127. The van der Waals surface area contributed by atoms with Crippen LogP contribution in [0, 0.1) is 5.92 Å². The molecular formula is C20H33IN6O. The smallest absolute Gasteiger partial charge is 0.220 e. The van der Waals surface area contributed by atoms with Crippen molar-refractivity contribution in [2.75, 3.05) is 45.2 Å². The molecule has 0 radical (unpaired) electrons. The Hall–Kier alpha value is -1.58. The molecule has 3 rings (SSSR count). The van der Waals surface area contributed by atoms with E-state index in [1.54, 1.807) is 7.05 Å². The van der Waals surface area contributed by atoms with E-state index in [2.05, 4.69) is 42.5 Å². The molecule has 7 nitrogen and oxygen atoms in total. The number of amides is 1. The lowest BCUT2D eigenvalue weighted by molar-refractivity contribution is -0.121. The van der Waals surface area contributed by atoms with Gasteiger partial charge >= 0.3 is 0 Å². The van der Waals surface area contributed by atoms with Gasteiger partial charge in [-0.25, -0.2) is 4.98 Å². The highest BCUT2D eigenvalue weighted by Gasteiger charge is 2.23. The van der Waals surface area contributed by atoms with E-state index in [0.29, 0.717) is 12.3 Å². The number of nitrogens with zero attached hydrogens (tertiary/aromatic N) is 4. The summed E-state index contributed by atoms with van der Waals surface area (Å²) in [5, 5.41) is 6.17. The summed E-state index contributed by atoms with van der Waals surface area (Å²) in [6, 6.07) is 4.27. The maximum atomic E-state index is 11.5. The third kappa shape index (κ3) is 6.22. The second kappa shape index (κ2) is 11.4. The van der Waals surface area contributed by atoms with Gasteiger partial charge in [0.15, 0.2) is 5.96 Å². The summed E-state index contributed by atoms with van der Waals surface area (Å²) >= 11 is 0. The van der Waals surface area contributed by atoms with E-state index in [-0.39, 0.29) is 29.9 Å². The van der Waals surface area contributed by atoms with Crippen molar-refractivity contribution in [3.8, 4) is 0 Å². The molecule has 2 fully saturated rings. The third-order valence-electron chi connectivity index (χ3n) is 5.57. The predicted molar refractivity (Wildman–Crippen MR) is 124 cm³/mol. The Morgan fingerprint density at radius 3 is 2.50 bits per heavy atom. The SMILES string of the molecule is CN=C(NCc1ccc(N2CCCC2)nc1)N1CCC(CC(=O)NC)CC1.I. The number of carbonyl (C=O) groups excluding carboxylic acids is 1. The molecule has 1 aromatic rings. The van der Waals surface area contributed by atoms with Crippen molar-refractivity contribution in [1.29, 1.82) is 0 Å². The zero-order chi connectivity index (χ0) is 19.1. The summed E-state index contributed by atoms with van der Waals surface area (Å²) in [6.45, 7) is 4.83. The number of pyridine rings is 1. The summed E-state index contributed by atoms with van der Waals surface area (Å²) in [7, 11) is 3.53. The zero-order valence-electron chi connectivity index (χ0n) is 17.0. The van der Waals surface area contributed by atoms with Gasteiger partial charge in [-0.2, -0.15) is 0 Å². The van der Waals surface area contributed by atoms with Crippen LogP contribution in [-0.2, 0) is 11.3 Å². The lowest BCUT2D eigenvalue weighted by atomic mass is 9.93. The van der Waals surface area contributed by atoms with Gasteiger partial charge in [-0.3, -0.25) is 9.79 Å². The van der Waals surface area contributed by atoms with Crippen molar-refractivity contribution in [3.63, 3.8) is 0 Å². The van der Waals surface area contributed by atoms with Gasteiger partial charge in [-0.05, 0) is 43.2 Å². The maximum Gasteiger partial charge on any atom is 0.220 e. The standard InChI is InChI=1S/C20H32N6O.HI/c1-21-19(27)13-16-7-11-26(12-8-16)20(22-2)24-15-17-5-6-18(23-14-17)25-9-3-4-10-25;/h5-6,14,16H,3-4,7-13,15H2,1-2H3,(H,21,27)(H,22,24);1H. The molecule has 0 unspecified atom stereocenters. The molecule has 0 aliphatic carbocycles. The minimum Gasteiger partial charge on any atom is -0.359 e. The number of rotatable bonds is 5. The number of aliphatic imine (C=N–C) groups is 1. The van der Waals surface area contributed by atoms with Crippen LogP contribution in [0.4, 0.5) is 5.82 Å². The molecule has 2 N–H and O–H groups in total. The van der Waals surface area contributed by atoms with Crippen LogP contribution in [0.3, 0.4) is 0 Å². The molecule has 0 atom stereocenters. The first-order valence-corrected chi connectivity index (χ1v) is 10.1. The minimum absolute atomic E-state index is 0. The van der Waals surface area contributed by atoms with E-state index in [1.807, 2.05) is 13.2 Å². The second-order valence-electron chi connectivity index (χ2n) is 7.43. The fourth-order valence-electron chi connectivity index (χ4n) is 3.88. The number of aromatic nitrogens is 1. The number of hydrogen-bond donors (Lipinski definition) is 2. The molecule has 8 heteroatoms. The molecule has 3 heterocycles. The summed E-state index contributed by atoms with van der Waals surface area (Å²) < 4.78 is 0. The van der Waals surface area contributed by atoms with Crippen molar-refractivity contribution < 1.29 is 4.79 Å². The summed E-state index contributed by atoms with van der Waals surface area (Å²) in [4.78, 5) is 25.2. The number of piperidine rings is 1. The zero-order valence-corrected chi connectivity index (χ0v) is 19.3. The molecule has 156 valence electrons. The number of nitrogens with one attached hydrogen (secondary N) is 2. The largest absolute Gasteiger partial charge is 0.359 e. The normalized spacial score (nSPS) is 18.0. The summed E-state index contributed by atoms with van der Waals surface area (Å²) in [5.41, 5.74) is 1.16. The second-order valence-corrected chi connectivity index (χ2v) is 7.43. The topological polar surface area (TPSA) is 72.9 Å². The van der Waals surface area contributed by atoms with Gasteiger partial charge in [0, 0.05) is 59.4 Å². The fraction of sp³-hybridized carbons (Fsp3) is 0.650. The Bertz CT molecular complexity index is 637. The number of hydrogen-bond acceptors (Lipinski definition) is 4. The first kappa shape index (κ1) is 22.7. The van der Waals surface area contributed by atoms with Crippen molar-refractivity contribution in [1.82, 2.24) is 20.5 Å². The molecule has 28 heavy (non-hydrogen) atoms. The lowest BCUT2D eigenvalue weighted by Gasteiger charge is -2.34. The average Bonchev–Trinajstić information content (AvgIpc) is 3.25. The summed E-state index contributed by atoms with van der Waals surface area (Å²) in [5.74, 6) is 2.62. The Kier molecular flexibility index (Phi) is 9.27. The first-order valence-electron chi connectivity index (χ1n) is 10.1. The Morgan fingerprint density at radius 1 is 1.21 bits per heavy atom. The Balaban J connectivity index is 0.00000280. The molecule has 0 aromatic carbocycles. The minimum atomic E-state index is 0. The molecule has 0 saturated carbocycles. The van der Waals surface area contributed by atoms with Crippen LogP contribution < -0.4 is 15.5 Å².